The molecule has 2 heterocycles. The Morgan fingerprint density at radius 3 is 2.57 bits per heavy atom. The number of hydrogen-bond acceptors (Lipinski definition) is 6. The van der Waals surface area contributed by atoms with Crippen molar-refractivity contribution in [3.63, 3.8) is 0 Å². The van der Waals surface area contributed by atoms with Crippen LogP contribution in [0.2, 0.25) is 0 Å². The fourth-order valence-corrected chi connectivity index (χ4v) is 3.09. The van der Waals surface area contributed by atoms with Crippen LogP contribution in [-0.2, 0) is 0 Å². The third-order valence-electron chi connectivity index (χ3n) is 4.73. The van der Waals surface area contributed by atoms with Crippen LogP contribution in [0, 0.1) is 18.7 Å². The number of fused-ring (bicyclic) bond motifs is 1. The Balaban J connectivity index is 1.73. The van der Waals surface area contributed by atoms with E-state index in [0.717, 1.165) is 5.56 Å². The molecule has 1 aromatic carbocycles. The number of rotatable bonds is 7. The number of carbonyl (C=O) groups is 1. The molecule has 8 nitrogen and oxygen atoms in total. The molecule has 0 bridgehead atoms. The van der Waals surface area contributed by atoms with Crippen molar-refractivity contribution < 1.29 is 18.7 Å². The monoisotopic (exact) mass is 415 g/mol. The molecule has 2 amide bonds. The number of aliphatic hydroxyl groups is 1. The number of aromatic nitrogens is 2. The molecule has 0 unspecified atom stereocenters. The van der Waals surface area contributed by atoms with Crippen LogP contribution in [-0.4, -0.2) is 33.8 Å². The minimum Gasteiger partial charge on any atom is -0.459 e. The Kier molecular flexibility index (Phi) is 6.51. The van der Waals surface area contributed by atoms with Crippen LogP contribution in [0.3, 0.4) is 0 Å². The number of amides is 2. The molecule has 0 radical (unpaired) electrons. The average Bonchev–Trinajstić information content (AvgIpc) is 3.03. The number of aliphatic hydroxyl groups excluding tert-OH is 1. The van der Waals surface area contributed by atoms with Crippen LogP contribution in [0.1, 0.15) is 38.1 Å². The second-order valence-electron chi connectivity index (χ2n) is 7.58. The Morgan fingerprint density at radius 2 is 1.93 bits per heavy atom. The van der Waals surface area contributed by atoms with Gasteiger partial charge in [0.05, 0.1) is 30.7 Å². The molecular weight excluding hydrogens is 389 g/mol. The molecule has 3 aromatic rings. The molecule has 0 aliphatic rings. The fraction of sp³-hybridized carbons (Fsp3) is 0.381. The number of nitrogens with one attached hydrogen (secondary N) is 3. The number of benzene rings is 1. The molecule has 0 saturated carbocycles. The van der Waals surface area contributed by atoms with E-state index < -0.39 is 12.1 Å². The van der Waals surface area contributed by atoms with Crippen molar-refractivity contribution in [1.29, 1.82) is 0 Å². The van der Waals surface area contributed by atoms with E-state index in [1.54, 1.807) is 13.0 Å². The molecule has 0 aliphatic heterocycles. The molecule has 0 saturated heterocycles. The number of furan rings is 1. The SMILES string of the molecule is Cc1c([C@H](NC(=O)Nc2cnc(N[C@H](C)CO)nc2)C(C)C)oc2ccc(F)cc12. The minimum absolute atomic E-state index is 0.0302. The molecule has 160 valence electrons. The molecule has 3 rings (SSSR count). The quantitative estimate of drug-likeness (QED) is 0.464. The van der Waals surface area contributed by atoms with Gasteiger partial charge in [-0.3, -0.25) is 0 Å². The Bertz CT molecular complexity index is 1020. The average molecular weight is 415 g/mol. The van der Waals surface area contributed by atoms with E-state index in [2.05, 4.69) is 25.9 Å². The Morgan fingerprint density at radius 1 is 1.23 bits per heavy atom. The third-order valence-corrected chi connectivity index (χ3v) is 4.73. The van der Waals surface area contributed by atoms with Crippen LogP contribution in [0.25, 0.3) is 11.0 Å². The van der Waals surface area contributed by atoms with Crippen LogP contribution in [0.4, 0.5) is 20.8 Å². The van der Waals surface area contributed by atoms with Gasteiger partial charge in [0, 0.05) is 17.0 Å². The van der Waals surface area contributed by atoms with Gasteiger partial charge in [-0.15, -0.1) is 0 Å². The zero-order valence-corrected chi connectivity index (χ0v) is 17.4. The summed E-state index contributed by atoms with van der Waals surface area (Å²) >= 11 is 0. The van der Waals surface area contributed by atoms with Crippen molar-refractivity contribution in [3.05, 3.63) is 47.7 Å². The number of nitrogens with zero attached hydrogens (tertiary/aromatic N) is 2. The summed E-state index contributed by atoms with van der Waals surface area (Å²) in [4.78, 5) is 20.8. The summed E-state index contributed by atoms with van der Waals surface area (Å²) < 4.78 is 19.5. The number of halogens is 1. The van der Waals surface area contributed by atoms with Crippen LogP contribution >= 0.6 is 0 Å². The van der Waals surface area contributed by atoms with Gasteiger partial charge >= 0.3 is 6.03 Å². The zero-order valence-electron chi connectivity index (χ0n) is 17.4. The molecule has 2 atom stereocenters. The smallest absolute Gasteiger partial charge is 0.319 e. The predicted molar refractivity (Wildman–Crippen MR) is 113 cm³/mol. The first-order chi connectivity index (χ1) is 14.3. The van der Waals surface area contributed by atoms with Gasteiger partial charge in [0.15, 0.2) is 0 Å². The Labute approximate surface area is 173 Å². The van der Waals surface area contributed by atoms with Crippen molar-refractivity contribution in [3.8, 4) is 0 Å². The van der Waals surface area contributed by atoms with Crippen molar-refractivity contribution in [2.45, 2.75) is 39.8 Å². The van der Waals surface area contributed by atoms with E-state index in [-0.39, 0.29) is 24.4 Å². The minimum atomic E-state index is -0.437. The molecular formula is C21H26FN5O3. The number of anilines is 2. The Hall–Kier alpha value is -3.20. The lowest BCUT2D eigenvalue weighted by atomic mass is 9.98. The van der Waals surface area contributed by atoms with E-state index in [1.165, 1.54) is 24.5 Å². The molecule has 2 aromatic heterocycles. The van der Waals surface area contributed by atoms with Gasteiger partial charge < -0.3 is 25.5 Å². The second kappa shape index (κ2) is 9.08. The lowest BCUT2D eigenvalue weighted by Crippen LogP contribution is -2.35. The van der Waals surface area contributed by atoms with Gasteiger partial charge in [0.1, 0.15) is 17.2 Å². The molecule has 30 heavy (non-hydrogen) atoms. The molecule has 0 spiro atoms. The second-order valence-corrected chi connectivity index (χ2v) is 7.58. The van der Waals surface area contributed by atoms with E-state index >= 15 is 0 Å². The maximum absolute atomic E-state index is 13.6. The highest BCUT2D eigenvalue weighted by atomic mass is 19.1. The summed E-state index contributed by atoms with van der Waals surface area (Å²) in [5.41, 5.74) is 1.78. The number of hydrogen-bond donors (Lipinski definition) is 4. The first kappa shape index (κ1) is 21.5. The number of carbonyl (C=O) groups excluding carboxylic acids is 1. The third kappa shape index (κ3) is 4.85. The number of urea groups is 1. The lowest BCUT2D eigenvalue weighted by molar-refractivity contribution is 0.241. The highest BCUT2D eigenvalue weighted by Gasteiger charge is 2.25. The van der Waals surface area contributed by atoms with E-state index in [1.807, 2.05) is 20.8 Å². The summed E-state index contributed by atoms with van der Waals surface area (Å²) in [6, 6.07) is 3.34. The molecule has 4 N–H and O–H groups in total. The maximum Gasteiger partial charge on any atom is 0.319 e. The summed E-state index contributed by atoms with van der Waals surface area (Å²) in [6.45, 7) is 7.52. The van der Waals surface area contributed by atoms with Gasteiger partial charge in [-0.1, -0.05) is 13.8 Å². The normalized spacial score (nSPS) is 13.3. The van der Waals surface area contributed by atoms with Crippen LogP contribution in [0.15, 0.2) is 35.0 Å². The molecule has 9 heteroatoms. The zero-order chi connectivity index (χ0) is 21.8. The number of aryl methyl sites for hydroxylation is 1. The summed E-state index contributed by atoms with van der Waals surface area (Å²) in [5.74, 6) is 0.640. The summed E-state index contributed by atoms with van der Waals surface area (Å²) in [5, 5.41) is 18.3. The van der Waals surface area contributed by atoms with Crippen molar-refractivity contribution >= 4 is 28.6 Å². The topological polar surface area (TPSA) is 112 Å². The van der Waals surface area contributed by atoms with Gasteiger partial charge in [-0.05, 0) is 38.0 Å². The molecule has 0 fully saturated rings. The van der Waals surface area contributed by atoms with Gasteiger partial charge in [-0.25, -0.2) is 19.2 Å². The lowest BCUT2D eigenvalue weighted by Gasteiger charge is -2.21. The standard InChI is InChI=1S/C21H26FN5O3/c1-11(2)18(19-13(4)16-7-14(22)5-6-17(16)30-19)27-21(29)26-15-8-23-20(24-9-15)25-12(3)10-28/h5-9,11-12,18,28H,10H2,1-4H3,(H,23,24,25)(H2,26,27,29)/t12-,18-/m1/s1. The van der Waals surface area contributed by atoms with E-state index in [4.69, 9.17) is 9.52 Å². The maximum atomic E-state index is 13.6. The van der Waals surface area contributed by atoms with E-state index in [9.17, 15) is 9.18 Å². The van der Waals surface area contributed by atoms with Crippen molar-refractivity contribution in [2.75, 3.05) is 17.2 Å². The fourth-order valence-electron chi connectivity index (χ4n) is 3.09. The van der Waals surface area contributed by atoms with Crippen LogP contribution < -0.4 is 16.0 Å². The molecule has 0 aliphatic carbocycles. The van der Waals surface area contributed by atoms with Gasteiger partial charge in [0.25, 0.3) is 0 Å². The van der Waals surface area contributed by atoms with Crippen molar-refractivity contribution in [2.24, 2.45) is 5.92 Å². The van der Waals surface area contributed by atoms with Crippen LogP contribution in [0.5, 0.6) is 0 Å². The summed E-state index contributed by atoms with van der Waals surface area (Å²) in [6.07, 6.45) is 2.94. The highest BCUT2D eigenvalue weighted by molar-refractivity contribution is 5.89. The van der Waals surface area contributed by atoms with Gasteiger partial charge in [-0.2, -0.15) is 0 Å². The first-order valence-electron chi connectivity index (χ1n) is 9.74. The van der Waals surface area contributed by atoms with E-state index in [0.29, 0.717) is 28.4 Å². The van der Waals surface area contributed by atoms with Crippen molar-refractivity contribution in [1.82, 2.24) is 15.3 Å². The van der Waals surface area contributed by atoms with Gasteiger partial charge in [0.2, 0.25) is 5.95 Å². The largest absolute Gasteiger partial charge is 0.459 e. The first-order valence-corrected chi connectivity index (χ1v) is 9.74. The summed E-state index contributed by atoms with van der Waals surface area (Å²) in [7, 11) is 0. The highest BCUT2D eigenvalue weighted by Crippen LogP contribution is 2.33. The predicted octanol–water partition coefficient (Wildman–Crippen LogP) is 3.98.